The Morgan fingerprint density at radius 3 is 2.10 bits per heavy atom. The first-order valence-electron chi connectivity index (χ1n) is 7.02. The van der Waals surface area contributed by atoms with E-state index >= 15 is 0 Å². The Hall–Kier alpha value is -1.59. The van der Waals surface area contributed by atoms with Gasteiger partial charge in [0.05, 0.1) is 11.2 Å². The zero-order valence-electron chi connectivity index (χ0n) is 13.2. The molecule has 0 aromatic heterocycles. The van der Waals surface area contributed by atoms with Crippen LogP contribution in [0.2, 0.25) is 0 Å². The first-order chi connectivity index (χ1) is 9.69. The van der Waals surface area contributed by atoms with Gasteiger partial charge in [0.1, 0.15) is 5.75 Å². The molecule has 4 nitrogen and oxygen atoms in total. The Morgan fingerprint density at radius 2 is 1.62 bits per heavy atom. The summed E-state index contributed by atoms with van der Waals surface area (Å²) in [7, 11) is -0.358. The molecular weight excluding hydrogens is 267 g/mol. The molecular formula is C16H21BO4. The van der Waals surface area contributed by atoms with Crippen LogP contribution in [0.4, 0.5) is 0 Å². The van der Waals surface area contributed by atoms with E-state index in [9.17, 15) is 4.79 Å². The molecule has 0 unspecified atom stereocenters. The molecule has 5 heteroatoms. The van der Waals surface area contributed by atoms with Gasteiger partial charge in [-0.2, -0.15) is 0 Å². The van der Waals surface area contributed by atoms with Gasteiger partial charge >= 0.3 is 13.1 Å². The van der Waals surface area contributed by atoms with E-state index in [1.165, 1.54) is 6.92 Å². The van der Waals surface area contributed by atoms with E-state index in [1.807, 2.05) is 51.9 Å². The van der Waals surface area contributed by atoms with Crippen molar-refractivity contribution in [3.8, 4) is 5.75 Å². The third kappa shape index (κ3) is 3.74. The molecule has 1 aliphatic rings. The molecule has 0 saturated carbocycles. The first kappa shape index (κ1) is 15.8. The normalized spacial score (nSPS) is 20.0. The second-order valence-corrected chi connectivity index (χ2v) is 6.15. The molecule has 1 saturated heterocycles. The van der Waals surface area contributed by atoms with Crippen molar-refractivity contribution in [3.05, 3.63) is 35.8 Å². The van der Waals surface area contributed by atoms with Crippen molar-refractivity contribution in [1.82, 2.24) is 0 Å². The quantitative estimate of drug-likeness (QED) is 0.486. The fraction of sp³-hybridized carbons (Fsp3) is 0.438. The molecule has 2 rings (SSSR count). The lowest BCUT2D eigenvalue weighted by Crippen LogP contribution is -2.41. The van der Waals surface area contributed by atoms with Crippen molar-refractivity contribution in [2.75, 3.05) is 0 Å². The molecule has 0 bridgehead atoms. The minimum absolute atomic E-state index is 0.324. The predicted molar refractivity (Wildman–Crippen MR) is 82.9 cm³/mol. The summed E-state index contributed by atoms with van der Waals surface area (Å²) < 4.78 is 16.8. The number of hydrogen-bond acceptors (Lipinski definition) is 4. The summed E-state index contributed by atoms with van der Waals surface area (Å²) >= 11 is 0. The average Bonchev–Trinajstić information content (AvgIpc) is 2.56. The molecule has 1 aromatic rings. The third-order valence-electron chi connectivity index (χ3n) is 3.86. The summed E-state index contributed by atoms with van der Waals surface area (Å²) in [5.41, 5.74) is 0.322. The van der Waals surface area contributed by atoms with E-state index < -0.39 is 0 Å². The Balaban J connectivity index is 2.01. The second-order valence-electron chi connectivity index (χ2n) is 6.15. The summed E-state index contributed by atoms with van der Waals surface area (Å²) in [6, 6.07) is 7.26. The number of carbonyl (C=O) groups is 1. The third-order valence-corrected chi connectivity index (χ3v) is 3.86. The van der Waals surface area contributed by atoms with Crippen molar-refractivity contribution in [2.24, 2.45) is 0 Å². The highest BCUT2D eigenvalue weighted by Crippen LogP contribution is 2.37. The van der Waals surface area contributed by atoms with Crippen LogP contribution in [0.5, 0.6) is 5.75 Å². The van der Waals surface area contributed by atoms with E-state index in [0.717, 1.165) is 5.56 Å². The molecule has 0 radical (unpaired) electrons. The topological polar surface area (TPSA) is 44.8 Å². The highest BCUT2D eigenvalue weighted by atomic mass is 16.7. The molecule has 0 atom stereocenters. The van der Waals surface area contributed by atoms with Crippen molar-refractivity contribution >= 4 is 19.2 Å². The minimum Gasteiger partial charge on any atom is -0.427 e. The smallest absolute Gasteiger partial charge is 0.427 e. The average molecular weight is 288 g/mol. The lowest BCUT2D eigenvalue weighted by molar-refractivity contribution is -0.131. The number of carbonyl (C=O) groups excluding carboxylic acids is 1. The second kappa shape index (κ2) is 5.66. The van der Waals surface area contributed by atoms with Gasteiger partial charge in [-0.15, -0.1) is 0 Å². The summed E-state index contributed by atoms with van der Waals surface area (Å²) in [5.74, 6) is 2.10. The van der Waals surface area contributed by atoms with Gasteiger partial charge in [-0.05, 0) is 45.4 Å². The first-order valence-corrected chi connectivity index (χ1v) is 7.02. The van der Waals surface area contributed by atoms with E-state index in [2.05, 4.69) is 0 Å². The van der Waals surface area contributed by atoms with Crippen LogP contribution in [0.25, 0.3) is 6.08 Å². The van der Waals surface area contributed by atoms with Crippen LogP contribution in [-0.4, -0.2) is 24.3 Å². The lowest BCUT2D eigenvalue weighted by Gasteiger charge is -2.32. The molecule has 1 aromatic carbocycles. The fourth-order valence-corrected chi connectivity index (χ4v) is 1.97. The minimum atomic E-state index is -0.358. The van der Waals surface area contributed by atoms with E-state index in [1.54, 1.807) is 12.1 Å². The molecule has 21 heavy (non-hydrogen) atoms. The zero-order valence-corrected chi connectivity index (χ0v) is 13.2. The maximum absolute atomic E-state index is 10.9. The summed E-state index contributed by atoms with van der Waals surface area (Å²) in [5, 5.41) is 0. The lowest BCUT2D eigenvalue weighted by atomic mass is 9.89. The monoisotopic (exact) mass is 288 g/mol. The molecule has 0 spiro atoms. The zero-order chi connectivity index (χ0) is 15.7. The van der Waals surface area contributed by atoms with Gasteiger partial charge in [0, 0.05) is 6.92 Å². The van der Waals surface area contributed by atoms with E-state index in [-0.39, 0.29) is 24.3 Å². The predicted octanol–water partition coefficient (Wildman–Crippen LogP) is 3.26. The van der Waals surface area contributed by atoms with Gasteiger partial charge in [-0.1, -0.05) is 24.2 Å². The maximum atomic E-state index is 10.9. The summed E-state index contributed by atoms with van der Waals surface area (Å²) in [4.78, 5) is 10.9. The van der Waals surface area contributed by atoms with Crippen LogP contribution in [0.15, 0.2) is 30.2 Å². The molecule has 1 fully saturated rings. The number of rotatable bonds is 3. The van der Waals surface area contributed by atoms with Crippen LogP contribution in [-0.2, 0) is 14.1 Å². The highest BCUT2D eigenvalue weighted by Gasteiger charge is 2.49. The Labute approximate surface area is 126 Å². The van der Waals surface area contributed by atoms with Crippen molar-refractivity contribution < 1.29 is 18.8 Å². The molecule has 1 aliphatic heterocycles. The van der Waals surface area contributed by atoms with Crippen molar-refractivity contribution in [1.29, 1.82) is 0 Å². The number of esters is 1. The Morgan fingerprint density at radius 1 is 1.10 bits per heavy atom. The molecule has 112 valence electrons. The molecule has 0 N–H and O–H groups in total. The molecule has 0 aliphatic carbocycles. The Kier molecular flexibility index (Phi) is 4.26. The summed E-state index contributed by atoms with van der Waals surface area (Å²) in [6.45, 7) is 9.47. The fourth-order valence-electron chi connectivity index (χ4n) is 1.97. The molecule has 1 heterocycles. The van der Waals surface area contributed by atoms with Gasteiger partial charge in [-0.25, -0.2) is 0 Å². The van der Waals surface area contributed by atoms with Crippen LogP contribution >= 0.6 is 0 Å². The van der Waals surface area contributed by atoms with Crippen LogP contribution in [0.1, 0.15) is 40.2 Å². The van der Waals surface area contributed by atoms with Crippen molar-refractivity contribution in [2.45, 2.75) is 45.8 Å². The van der Waals surface area contributed by atoms with Crippen LogP contribution in [0, 0.1) is 0 Å². The number of ether oxygens (including phenoxy) is 1. The largest absolute Gasteiger partial charge is 0.487 e. The van der Waals surface area contributed by atoms with E-state index in [0.29, 0.717) is 5.75 Å². The van der Waals surface area contributed by atoms with Gasteiger partial charge in [-0.3, -0.25) is 4.79 Å². The summed E-state index contributed by atoms with van der Waals surface area (Å²) in [6.07, 6.45) is 1.93. The van der Waals surface area contributed by atoms with Gasteiger partial charge < -0.3 is 14.0 Å². The number of hydrogen-bond donors (Lipinski definition) is 0. The number of benzene rings is 1. The molecule has 0 amide bonds. The standard InChI is InChI=1S/C16H21BO4/c1-12(18)19-14-8-6-13(7-9-14)10-11-17-20-15(2,3)16(4,5)21-17/h6-11H,1-5H3. The van der Waals surface area contributed by atoms with Gasteiger partial charge in [0.25, 0.3) is 0 Å². The van der Waals surface area contributed by atoms with E-state index in [4.69, 9.17) is 14.0 Å². The van der Waals surface area contributed by atoms with Gasteiger partial charge in [0.2, 0.25) is 0 Å². The highest BCUT2D eigenvalue weighted by molar-refractivity contribution is 6.52. The van der Waals surface area contributed by atoms with Crippen molar-refractivity contribution in [3.63, 3.8) is 0 Å². The van der Waals surface area contributed by atoms with Gasteiger partial charge in [0.15, 0.2) is 0 Å². The SMILES string of the molecule is CC(=O)Oc1ccc(C=CB2OC(C)(C)C(C)(C)O2)cc1. The van der Waals surface area contributed by atoms with Crippen LogP contribution in [0.3, 0.4) is 0 Å². The maximum Gasteiger partial charge on any atom is 0.487 e. The Bertz CT molecular complexity index is 530. The van der Waals surface area contributed by atoms with Crippen LogP contribution < -0.4 is 4.74 Å².